The van der Waals surface area contributed by atoms with E-state index in [-0.39, 0.29) is 10.7 Å². The molecule has 8 heteroatoms. The van der Waals surface area contributed by atoms with Crippen LogP contribution < -0.4 is 5.32 Å². The molecule has 0 saturated heterocycles. The van der Waals surface area contributed by atoms with Crippen molar-refractivity contribution in [1.82, 2.24) is 0 Å². The van der Waals surface area contributed by atoms with E-state index in [1.54, 1.807) is 0 Å². The average Bonchev–Trinajstić information content (AvgIpc) is 2.25. The first-order chi connectivity index (χ1) is 8.61. The summed E-state index contributed by atoms with van der Waals surface area (Å²) in [6, 6.07) is 2.49. The lowest BCUT2D eigenvalue weighted by molar-refractivity contribution is -0.144. The SMILES string of the molecule is C[C@H](C(=O)O)C(=O)Nc1cc(Cl)cc(C(F)(F)F)c1. The maximum Gasteiger partial charge on any atom is 0.416 e. The van der Waals surface area contributed by atoms with Crippen LogP contribution in [0.4, 0.5) is 18.9 Å². The van der Waals surface area contributed by atoms with Crippen LogP contribution in [0.5, 0.6) is 0 Å². The van der Waals surface area contributed by atoms with Crippen LogP contribution in [0.2, 0.25) is 5.02 Å². The molecule has 1 aromatic rings. The summed E-state index contributed by atoms with van der Waals surface area (Å²) in [6.45, 7) is 1.12. The van der Waals surface area contributed by atoms with E-state index in [1.165, 1.54) is 0 Å². The second-order valence-electron chi connectivity index (χ2n) is 3.78. The summed E-state index contributed by atoms with van der Waals surface area (Å²) in [5.41, 5.74) is -1.24. The van der Waals surface area contributed by atoms with Crippen molar-refractivity contribution in [3.05, 3.63) is 28.8 Å². The predicted octanol–water partition coefficient (Wildman–Crippen LogP) is 3.02. The lowest BCUT2D eigenvalue weighted by atomic mass is 10.1. The van der Waals surface area contributed by atoms with Gasteiger partial charge < -0.3 is 10.4 Å². The molecule has 0 heterocycles. The first kappa shape index (κ1) is 15.3. The standard InChI is InChI=1S/C11H9ClF3NO3/c1-5(10(18)19)9(17)16-8-3-6(11(13,14)15)2-7(12)4-8/h2-5H,1H3,(H,16,17)(H,18,19)/t5-/m0/s1. The molecule has 1 atom stereocenters. The average molecular weight is 296 g/mol. The Balaban J connectivity index is 3.00. The first-order valence-electron chi connectivity index (χ1n) is 5.02. The van der Waals surface area contributed by atoms with Crippen molar-refractivity contribution in [2.75, 3.05) is 5.32 Å². The highest BCUT2D eigenvalue weighted by Crippen LogP contribution is 2.33. The van der Waals surface area contributed by atoms with Gasteiger partial charge in [-0.3, -0.25) is 9.59 Å². The number of hydrogen-bond donors (Lipinski definition) is 2. The molecule has 104 valence electrons. The molecule has 0 fully saturated rings. The number of hydrogen-bond acceptors (Lipinski definition) is 2. The smallest absolute Gasteiger partial charge is 0.416 e. The molecule has 0 aliphatic heterocycles. The molecular formula is C11H9ClF3NO3. The van der Waals surface area contributed by atoms with Crippen molar-refractivity contribution in [2.45, 2.75) is 13.1 Å². The Hall–Kier alpha value is -1.76. The zero-order valence-electron chi connectivity index (χ0n) is 9.58. The van der Waals surface area contributed by atoms with Crippen molar-refractivity contribution in [3.63, 3.8) is 0 Å². The minimum absolute atomic E-state index is 0.210. The summed E-state index contributed by atoms with van der Waals surface area (Å²) in [6.07, 6.45) is -4.61. The van der Waals surface area contributed by atoms with E-state index >= 15 is 0 Å². The quantitative estimate of drug-likeness (QED) is 0.842. The van der Waals surface area contributed by atoms with E-state index in [0.717, 1.165) is 13.0 Å². The van der Waals surface area contributed by atoms with Crippen LogP contribution in [-0.4, -0.2) is 17.0 Å². The third kappa shape index (κ3) is 4.13. The highest BCUT2D eigenvalue weighted by molar-refractivity contribution is 6.31. The summed E-state index contributed by atoms with van der Waals surface area (Å²) in [5, 5.41) is 10.5. The molecule has 1 aromatic carbocycles. The molecule has 0 aliphatic rings. The number of carboxylic acids is 1. The van der Waals surface area contributed by atoms with Crippen molar-refractivity contribution in [3.8, 4) is 0 Å². The fourth-order valence-electron chi connectivity index (χ4n) is 1.19. The first-order valence-corrected chi connectivity index (χ1v) is 5.40. The van der Waals surface area contributed by atoms with Gasteiger partial charge in [0.25, 0.3) is 0 Å². The number of amides is 1. The molecule has 0 unspecified atom stereocenters. The van der Waals surface area contributed by atoms with Crippen molar-refractivity contribution in [1.29, 1.82) is 0 Å². The second-order valence-corrected chi connectivity index (χ2v) is 4.21. The number of carboxylic acid groups (broad SMARTS) is 1. The zero-order valence-corrected chi connectivity index (χ0v) is 10.3. The lowest BCUT2D eigenvalue weighted by Crippen LogP contribution is -2.27. The number of alkyl halides is 3. The summed E-state index contributed by atoms with van der Waals surface area (Å²) in [4.78, 5) is 22.0. The van der Waals surface area contributed by atoms with Gasteiger partial charge in [-0.05, 0) is 25.1 Å². The van der Waals surface area contributed by atoms with Gasteiger partial charge in [-0.2, -0.15) is 13.2 Å². The zero-order chi connectivity index (χ0) is 14.8. The van der Waals surface area contributed by atoms with Crippen molar-refractivity contribution < 1.29 is 27.9 Å². The van der Waals surface area contributed by atoms with Crippen LogP contribution in [0.1, 0.15) is 12.5 Å². The van der Waals surface area contributed by atoms with E-state index in [4.69, 9.17) is 16.7 Å². The van der Waals surface area contributed by atoms with Gasteiger partial charge in [-0.15, -0.1) is 0 Å². The second kappa shape index (κ2) is 5.48. The molecule has 0 saturated carbocycles. The Morgan fingerprint density at radius 3 is 2.37 bits per heavy atom. The van der Waals surface area contributed by atoms with Crippen LogP contribution in [0.15, 0.2) is 18.2 Å². The number of halogens is 4. The maximum absolute atomic E-state index is 12.5. The number of nitrogens with one attached hydrogen (secondary N) is 1. The lowest BCUT2D eigenvalue weighted by Gasteiger charge is -2.12. The van der Waals surface area contributed by atoms with Gasteiger partial charge in [0.2, 0.25) is 5.91 Å². The Labute approximate surface area is 111 Å². The van der Waals surface area contributed by atoms with E-state index in [0.29, 0.717) is 12.1 Å². The molecule has 0 bridgehead atoms. The maximum atomic E-state index is 12.5. The summed E-state index contributed by atoms with van der Waals surface area (Å²) in [7, 11) is 0. The van der Waals surface area contributed by atoms with E-state index in [9.17, 15) is 22.8 Å². The van der Waals surface area contributed by atoms with Crippen LogP contribution in [0.25, 0.3) is 0 Å². The van der Waals surface area contributed by atoms with Crippen LogP contribution in [0.3, 0.4) is 0 Å². The van der Waals surface area contributed by atoms with Crippen molar-refractivity contribution >= 4 is 29.2 Å². The van der Waals surface area contributed by atoms with Gasteiger partial charge in [0, 0.05) is 10.7 Å². The van der Waals surface area contributed by atoms with Gasteiger partial charge in [-0.25, -0.2) is 0 Å². The number of carbonyl (C=O) groups excluding carboxylic acids is 1. The Morgan fingerprint density at radius 2 is 1.89 bits per heavy atom. The fraction of sp³-hybridized carbons (Fsp3) is 0.273. The largest absolute Gasteiger partial charge is 0.481 e. The molecule has 1 rings (SSSR count). The molecular weight excluding hydrogens is 287 g/mol. The van der Waals surface area contributed by atoms with Gasteiger partial charge in [-0.1, -0.05) is 11.6 Å². The number of anilines is 1. The van der Waals surface area contributed by atoms with Crippen LogP contribution in [-0.2, 0) is 15.8 Å². The summed E-state index contributed by atoms with van der Waals surface area (Å²) >= 11 is 5.51. The van der Waals surface area contributed by atoms with Crippen LogP contribution >= 0.6 is 11.6 Å². The number of rotatable bonds is 3. The van der Waals surface area contributed by atoms with Crippen molar-refractivity contribution in [2.24, 2.45) is 5.92 Å². The number of carbonyl (C=O) groups is 2. The molecule has 19 heavy (non-hydrogen) atoms. The minimum Gasteiger partial charge on any atom is -0.481 e. The Morgan fingerprint density at radius 1 is 1.32 bits per heavy atom. The van der Waals surface area contributed by atoms with Gasteiger partial charge >= 0.3 is 12.1 Å². The van der Waals surface area contributed by atoms with E-state index < -0.39 is 29.5 Å². The molecule has 4 nitrogen and oxygen atoms in total. The third-order valence-electron chi connectivity index (χ3n) is 2.26. The predicted molar refractivity (Wildman–Crippen MR) is 61.9 cm³/mol. The molecule has 0 radical (unpaired) electrons. The van der Waals surface area contributed by atoms with Gasteiger partial charge in [0.1, 0.15) is 5.92 Å². The normalized spacial score (nSPS) is 12.9. The van der Waals surface area contributed by atoms with E-state index in [1.807, 2.05) is 0 Å². The topological polar surface area (TPSA) is 66.4 Å². The van der Waals surface area contributed by atoms with Gasteiger partial charge in [0.05, 0.1) is 5.56 Å². The highest BCUT2D eigenvalue weighted by Gasteiger charge is 2.31. The number of aliphatic carboxylic acids is 1. The fourth-order valence-corrected chi connectivity index (χ4v) is 1.42. The Kier molecular flexibility index (Phi) is 4.41. The molecule has 0 aromatic heterocycles. The van der Waals surface area contributed by atoms with E-state index in [2.05, 4.69) is 5.32 Å². The summed E-state index contributed by atoms with van der Waals surface area (Å²) < 4.78 is 37.5. The molecule has 1 amide bonds. The van der Waals surface area contributed by atoms with Crippen LogP contribution in [0, 0.1) is 5.92 Å². The highest BCUT2D eigenvalue weighted by atomic mass is 35.5. The molecule has 0 spiro atoms. The molecule has 0 aliphatic carbocycles. The minimum atomic E-state index is -4.61. The Bertz CT molecular complexity index is 516. The molecule has 2 N–H and O–H groups in total. The monoisotopic (exact) mass is 295 g/mol. The summed E-state index contributed by atoms with van der Waals surface area (Å²) in [5.74, 6) is -3.69. The number of benzene rings is 1. The van der Waals surface area contributed by atoms with Gasteiger partial charge in [0.15, 0.2) is 0 Å². The third-order valence-corrected chi connectivity index (χ3v) is 2.47.